The van der Waals surface area contributed by atoms with Crippen LogP contribution in [-0.4, -0.2) is 43.2 Å². The Morgan fingerprint density at radius 3 is 2.55 bits per heavy atom. The van der Waals surface area contributed by atoms with Gasteiger partial charge in [0.2, 0.25) is 0 Å². The van der Waals surface area contributed by atoms with Crippen molar-refractivity contribution in [2.24, 2.45) is 0 Å². The third-order valence-electron chi connectivity index (χ3n) is 4.24. The number of hydrogen-bond donors (Lipinski definition) is 2. The average Bonchev–Trinajstić information content (AvgIpc) is 2.43. The molecule has 3 N–H and O–H groups in total. The molecule has 1 aromatic carbocycles. The van der Waals surface area contributed by atoms with Crippen LogP contribution in [0, 0.1) is 0 Å². The fourth-order valence-corrected chi connectivity index (χ4v) is 2.71. The third-order valence-corrected chi connectivity index (χ3v) is 4.24. The van der Waals surface area contributed by atoms with Gasteiger partial charge in [-0.1, -0.05) is 6.07 Å². The van der Waals surface area contributed by atoms with Crippen molar-refractivity contribution < 1.29 is 4.79 Å². The van der Waals surface area contributed by atoms with Crippen LogP contribution < -0.4 is 16.0 Å². The van der Waals surface area contributed by atoms with Gasteiger partial charge in [-0.05, 0) is 37.5 Å². The standard InChI is InChI=1S/C15H22N4O/c16-12-3-1-6-14(11-12)18-7-9-19(10-8-18)15(20)17-13-4-2-5-13/h1,3,6,11,13H,2,4-5,7-10,16H2,(H,17,20). The number of anilines is 2. The summed E-state index contributed by atoms with van der Waals surface area (Å²) in [5.41, 5.74) is 7.74. The number of piperazine rings is 1. The van der Waals surface area contributed by atoms with Gasteiger partial charge in [-0.3, -0.25) is 0 Å². The van der Waals surface area contributed by atoms with Crippen LogP contribution >= 0.6 is 0 Å². The molecule has 0 atom stereocenters. The van der Waals surface area contributed by atoms with Crippen molar-refractivity contribution >= 4 is 17.4 Å². The smallest absolute Gasteiger partial charge is 0.317 e. The molecule has 0 aromatic heterocycles. The molecule has 0 unspecified atom stereocenters. The molecule has 1 aliphatic heterocycles. The second-order valence-corrected chi connectivity index (χ2v) is 5.65. The van der Waals surface area contributed by atoms with Gasteiger partial charge in [0.05, 0.1) is 0 Å². The maximum absolute atomic E-state index is 12.1. The zero-order valence-electron chi connectivity index (χ0n) is 11.7. The molecule has 2 fully saturated rings. The van der Waals surface area contributed by atoms with E-state index in [0.717, 1.165) is 50.4 Å². The van der Waals surface area contributed by atoms with Crippen molar-refractivity contribution in [3.63, 3.8) is 0 Å². The van der Waals surface area contributed by atoms with E-state index in [2.05, 4.69) is 16.3 Å². The predicted octanol–water partition coefficient (Wildman–Crippen LogP) is 1.65. The molecule has 1 aromatic rings. The molecule has 3 rings (SSSR count). The minimum atomic E-state index is 0.0990. The third kappa shape index (κ3) is 2.81. The highest BCUT2D eigenvalue weighted by Crippen LogP contribution is 2.20. The Balaban J connectivity index is 1.52. The molecule has 1 heterocycles. The zero-order valence-corrected chi connectivity index (χ0v) is 11.7. The van der Waals surface area contributed by atoms with Crippen molar-refractivity contribution in [2.75, 3.05) is 36.8 Å². The summed E-state index contributed by atoms with van der Waals surface area (Å²) in [6.07, 6.45) is 3.51. The number of benzene rings is 1. The van der Waals surface area contributed by atoms with Crippen molar-refractivity contribution in [1.29, 1.82) is 0 Å². The first-order valence-corrected chi connectivity index (χ1v) is 7.38. The largest absolute Gasteiger partial charge is 0.399 e. The maximum Gasteiger partial charge on any atom is 0.317 e. The Bertz CT molecular complexity index is 479. The van der Waals surface area contributed by atoms with Crippen molar-refractivity contribution in [2.45, 2.75) is 25.3 Å². The van der Waals surface area contributed by atoms with Gasteiger partial charge in [-0.2, -0.15) is 0 Å². The van der Waals surface area contributed by atoms with Gasteiger partial charge >= 0.3 is 6.03 Å². The first kappa shape index (κ1) is 13.1. The Kier molecular flexibility index (Phi) is 3.67. The number of nitrogen functional groups attached to an aromatic ring is 1. The van der Waals surface area contributed by atoms with Crippen molar-refractivity contribution in [1.82, 2.24) is 10.2 Å². The Morgan fingerprint density at radius 2 is 1.95 bits per heavy atom. The minimum Gasteiger partial charge on any atom is -0.399 e. The van der Waals surface area contributed by atoms with E-state index in [1.807, 2.05) is 23.1 Å². The molecule has 20 heavy (non-hydrogen) atoms. The predicted molar refractivity (Wildman–Crippen MR) is 80.8 cm³/mol. The molecule has 1 aliphatic carbocycles. The Morgan fingerprint density at radius 1 is 1.20 bits per heavy atom. The van der Waals surface area contributed by atoms with Gasteiger partial charge in [-0.25, -0.2) is 4.79 Å². The van der Waals surface area contributed by atoms with E-state index in [-0.39, 0.29) is 6.03 Å². The van der Waals surface area contributed by atoms with Crippen LogP contribution in [0.25, 0.3) is 0 Å². The number of hydrogen-bond acceptors (Lipinski definition) is 3. The topological polar surface area (TPSA) is 61.6 Å². The number of nitrogens with zero attached hydrogens (tertiary/aromatic N) is 2. The van der Waals surface area contributed by atoms with E-state index in [4.69, 9.17) is 5.73 Å². The molecule has 0 radical (unpaired) electrons. The summed E-state index contributed by atoms with van der Waals surface area (Å²) >= 11 is 0. The summed E-state index contributed by atoms with van der Waals surface area (Å²) in [7, 11) is 0. The van der Waals surface area contributed by atoms with E-state index in [1.54, 1.807) is 0 Å². The number of nitrogens with one attached hydrogen (secondary N) is 1. The highest BCUT2D eigenvalue weighted by molar-refractivity contribution is 5.75. The van der Waals surface area contributed by atoms with Gasteiger partial charge in [0.1, 0.15) is 0 Å². The monoisotopic (exact) mass is 274 g/mol. The fourth-order valence-electron chi connectivity index (χ4n) is 2.71. The highest BCUT2D eigenvalue weighted by Gasteiger charge is 2.25. The molecule has 0 spiro atoms. The van der Waals surface area contributed by atoms with Crippen LogP contribution in [0.1, 0.15) is 19.3 Å². The van der Waals surface area contributed by atoms with Crippen LogP contribution in [0.15, 0.2) is 24.3 Å². The number of carbonyl (C=O) groups excluding carboxylic acids is 1. The lowest BCUT2D eigenvalue weighted by molar-refractivity contribution is 0.183. The summed E-state index contributed by atoms with van der Waals surface area (Å²) in [6.45, 7) is 3.27. The first-order valence-electron chi connectivity index (χ1n) is 7.38. The fraction of sp³-hybridized carbons (Fsp3) is 0.533. The normalized spacial score (nSPS) is 19.6. The molecule has 2 amide bonds. The summed E-state index contributed by atoms with van der Waals surface area (Å²) < 4.78 is 0. The van der Waals surface area contributed by atoms with Gasteiger partial charge in [0, 0.05) is 43.6 Å². The number of nitrogens with two attached hydrogens (primary N) is 1. The molecule has 1 saturated heterocycles. The number of amides is 2. The molecule has 5 heteroatoms. The van der Waals surface area contributed by atoms with Crippen molar-refractivity contribution in [3.05, 3.63) is 24.3 Å². The van der Waals surface area contributed by atoms with Crippen LogP contribution in [0.5, 0.6) is 0 Å². The number of rotatable bonds is 2. The zero-order chi connectivity index (χ0) is 13.9. The number of urea groups is 1. The summed E-state index contributed by atoms with van der Waals surface area (Å²) in [5.74, 6) is 0. The average molecular weight is 274 g/mol. The summed E-state index contributed by atoms with van der Waals surface area (Å²) in [4.78, 5) is 16.3. The van der Waals surface area contributed by atoms with Crippen LogP contribution in [0.4, 0.5) is 16.2 Å². The van der Waals surface area contributed by atoms with E-state index >= 15 is 0 Å². The Labute approximate surface area is 119 Å². The summed E-state index contributed by atoms with van der Waals surface area (Å²) in [6, 6.07) is 8.44. The van der Waals surface area contributed by atoms with Gasteiger partial charge < -0.3 is 20.9 Å². The van der Waals surface area contributed by atoms with E-state index < -0.39 is 0 Å². The van der Waals surface area contributed by atoms with Gasteiger partial charge in [0.25, 0.3) is 0 Å². The maximum atomic E-state index is 12.1. The van der Waals surface area contributed by atoms with Crippen LogP contribution in [0.3, 0.4) is 0 Å². The van der Waals surface area contributed by atoms with Gasteiger partial charge in [-0.15, -0.1) is 0 Å². The first-order chi connectivity index (χ1) is 9.72. The molecule has 5 nitrogen and oxygen atoms in total. The summed E-state index contributed by atoms with van der Waals surface area (Å²) in [5, 5.41) is 3.10. The van der Waals surface area contributed by atoms with E-state index in [0.29, 0.717) is 6.04 Å². The van der Waals surface area contributed by atoms with Crippen molar-refractivity contribution in [3.8, 4) is 0 Å². The van der Waals surface area contributed by atoms with Gasteiger partial charge in [0.15, 0.2) is 0 Å². The molecule has 108 valence electrons. The lowest BCUT2D eigenvalue weighted by atomic mass is 9.93. The SMILES string of the molecule is Nc1cccc(N2CCN(C(=O)NC3CCC3)CC2)c1. The molecule has 2 aliphatic rings. The molecule has 1 saturated carbocycles. The van der Waals surface area contributed by atoms with E-state index in [1.165, 1.54) is 6.42 Å². The molecular formula is C15H22N4O. The lowest BCUT2D eigenvalue weighted by Crippen LogP contribution is -2.54. The number of carbonyl (C=O) groups is 1. The molecule has 0 bridgehead atoms. The van der Waals surface area contributed by atoms with Crippen LogP contribution in [-0.2, 0) is 0 Å². The second-order valence-electron chi connectivity index (χ2n) is 5.65. The molecular weight excluding hydrogens is 252 g/mol. The second kappa shape index (κ2) is 5.61. The Hall–Kier alpha value is -1.91. The quantitative estimate of drug-likeness (QED) is 0.806. The minimum absolute atomic E-state index is 0.0990. The van der Waals surface area contributed by atoms with Crippen LogP contribution in [0.2, 0.25) is 0 Å². The lowest BCUT2D eigenvalue weighted by Gasteiger charge is -2.37. The highest BCUT2D eigenvalue weighted by atomic mass is 16.2. The van der Waals surface area contributed by atoms with E-state index in [9.17, 15) is 4.79 Å².